The molecule has 0 fully saturated rings. The summed E-state index contributed by atoms with van der Waals surface area (Å²) in [5, 5.41) is -0.124. The number of hydrogen-bond acceptors (Lipinski definition) is 2. The van der Waals surface area contributed by atoms with Gasteiger partial charge in [0.05, 0.1) is 5.69 Å². The average molecular weight is 245 g/mol. The van der Waals surface area contributed by atoms with Crippen molar-refractivity contribution in [1.29, 1.82) is 0 Å². The molecule has 16 heavy (non-hydrogen) atoms. The van der Waals surface area contributed by atoms with E-state index in [2.05, 4.69) is 9.97 Å². The lowest BCUT2D eigenvalue weighted by molar-refractivity contribution is 0.497. The van der Waals surface area contributed by atoms with Gasteiger partial charge in [-0.05, 0) is 23.7 Å². The molecule has 1 heterocycles. The van der Waals surface area contributed by atoms with Gasteiger partial charge in [-0.1, -0.05) is 0 Å². The van der Waals surface area contributed by atoms with Gasteiger partial charge in [0.2, 0.25) is 5.28 Å². The van der Waals surface area contributed by atoms with Gasteiger partial charge in [-0.3, -0.25) is 0 Å². The van der Waals surface area contributed by atoms with Crippen LogP contribution in [0.5, 0.6) is 0 Å². The molecule has 6 heteroatoms. The van der Waals surface area contributed by atoms with E-state index in [0.717, 1.165) is 6.07 Å². The summed E-state index contributed by atoms with van der Waals surface area (Å²) in [5.41, 5.74) is -0.266. The Morgan fingerprint density at radius 3 is 2.56 bits per heavy atom. The molecule has 0 atom stereocenters. The first kappa shape index (κ1) is 10.9. The van der Waals surface area contributed by atoms with Crippen molar-refractivity contribution in [3.8, 4) is 11.3 Å². The van der Waals surface area contributed by atoms with E-state index in [1.165, 1.54) is 12.3 Å². The van der Waals surface area contributed by atoms with E-state index in [0.29, 0.717) is 6.07 Å². The fourth-order valence-electron chi connectivity index (χ4n) is 1.23. The van der Waals surface area contributed by atoms with Crippen molar-refractivity contribution in [2.45, 2.75) is 0 Å². The number of halogens is 4. The van der Waals surface area contributed by atoms with Crippen LogP contribution in [-0.2, 0) is 0 Å². The standard InChI is InChI=1S/C10H4ClF3N2/c11-10-15-2-1-8(16-10)6-3-5(12)4-7(13)9(6)14/h1-4H. The minimum absolute atomic E-state index is 0.0240. The zero-order valence-corrected chi connectivity index (χ0v) is 8.47. The summed E-state index contributed by atoms with van der Waals surface area (Å²) in [6, 6.07) is 2.61. The maximum Gasteiger partial charge on any atom is 0.222 e. The van der Waals surface area contributed by atoms with Gasteiger partial charge >= 0.3 is 0 Å². The first-order valence-electron chi connectivity index (χ1n) is 4.21. The molecule has 1 aromatic heterocycles. The number of aromatic nitrogens is 2. The van der Waals surface area contributed by atoms with Crippen LogP contribution in [0.25, 0.3) is 11.3 Å². The van der Waals surface area contributed by atoms with E-state index >= 15 is 0 Å². The van der Waals surface area contributed by atoms with E-state index in [9.17, 15) is 13.2 Å². The third-order valence-electron chi connectivity index (χ3n) is 1.90. The molecule has 2 rings (SSSR count). The molecule has 0 unspecified atom stereocenters. The Morgan fingerprint density at radius 1 is 1.12 bits per heavy atom. The Labute approximate surface area is 93.7 Å². The van der Waals surface area contributed by atoms with Crippen molar-refractivity contribution in [3.05, 3.63) is 47.1 Å². The lowest BCUT2D eigenvalue weighted by Gasteiger charge is -2.03. The van der Waals surface area contributed by atoms with Gasteiger partial charge in [0, 0.05) is 17.8 Å². The molecule has 0 aliphatic rings. The van der Waals surface area contributed by atoms with Crippen LogP contribution in [0, 0.1) is 17.5 Å². The number of hydrogen-bond donors (Lipinski definition) is 0. The molecule has 2 aromatic rings. The largest absolute Gasteiger partial charge is 0.226 e. The molecule has 1 aromatic carbocycles. The third-order valence-corrected chi connectivity index (χ3v) is 2.08. The summed E-state index contributed by atoms with van der Waals surface area (Å²) in [5.74, 6) is -3.33. The van der Waals surface area contributed by atoms with E-state index in [-0.39, 0.29) is 16.5 Å². The molecule has 82 valence electrons. The molecule has 0 N–H and O–H groups in total. The van der Waals surface area contributed by atoms with Crippen molar-refractivity contribution in [1.82, 2.24) is 9.97 Å². The lowest BCUT2D eigenvalue weighted by atomic mass is 10.1. The van der Waals surface area contributed by atoms with Crippen molar-refractivity contribution >= 4 is 11.6 Å². The molecule has 0 aliphatic carbocycles. The molecule has 0 spiro atoms. The van der Waals surface area contributed by atoms with Gasteiger partial charge in [-0.2, -0.15) is 0 Å². The van der Waals surface area contributed by atoms with Crippen molar-refractivity contribution in [3.63, 3.8) is 0 Å². The summed E-state index contributed by atoms with van der Waals surface area (Å²) in [4.78, 5) is 7.25. The van der Waals surface area contributed by atoms with Crippen molar-refractivity contribution < 1.29 is 13.2 Å². The molecule has 0 saturated heterocycles. The number of benzene rings is 1. The Hall–Kier alpha value is -1.62. The summed E-state index contributed by atoms with van der Waals surface area (Å²) in [7, 11) is 0. The molecule has 0 saturated carbocycles. The second-order valence-corrected chi connectivity index (χ2v) is 3.30. The first-order valence-corrected chi connectivity index (χ1v) is 4.59. The summed E-state index contributed by atoms with van der Waals surface area (Å²) < 4.78 is 39.2. The Bertz CT molecular complexity index is 546. The minimum Gasteiger partial charge on any atom is -0.226 e. The average Bonchev–Trinajstić information content (AvgIpc) is 2.23. The minimum atomic E-state index is -1.27. The second kappa shape index (κ2) is 4.09. The van der Waals surface area contributed by atoms with Gasteiger partial charge < -0.3 is 0 Å². The highest BCUT2D eigenvalue weighted by molar-refractivity contribution is 6.28. The number of nitrogens with zero attached hydrogens (tertiary/aromatic N) is 2. The first-order chi connectivity index (χ1) is 7.58. The van der Waals surface area contributed by atoms with Crippen molar-refractivity contribution in [2.75, 3.05) is 0 Å². The molecule has 0 radical (unpaired) electrons. The van der Waals surface area contributed by atoms with Crippen LogP contribution < -0.4 is 0 Å². The van der Waals surface area contributed by atoms with Gasteiger partial charge in [0.15, 0.2) is 11.6 Å². The lowest BCUT2D eigenvalue weighted by Crippen LogP contribution is -1.95. The van der Waals surface area contributed by atoms with E-state index in [1.807, 2.05) is 0 Å². The molecular weight excluding hydrogens is 241 g/mol. The Balaban J connectivity index is 2.64. The zero-order valence-electron chi connectivity index (χ0n) is 7.72. The molecule has 0 aliphatic heterocycles. The van der Waals surface area contributed by atoms with Gasteiger partial charge in [0.25, 0.3) is 0 Å². The predicted molar refractivity (Wildman–Crippen MR) is 52.4 cm³/mol. The van der Waals surface area contributed by atoms with Gasteiger partial charge in [-0.15, -0.1) is 0 Å². The normalized spacial score (nSPS) is 10.5. The third kappa shape index (κ3) is 1.99. The quantitative estimate of drug-likeness (QED) is 0.569. The summed E-state index contributed by atoms with van der Waals surface area (Å²) in [6.45, 7) is 0. The summed E-state index contributed by atoms with van der Waals surface area (Å²) >= 11 is 5.49. The maximum atomic E-state index is 13.4. The van der Waals surface area contributed by atoms with Gasteiger partial charge in [-0.25, -0.2) is 23.1 Å². The van der Waals surface area contributed by atoms with E-state index in [1.54, 1.807) is 0 Å². The fourth-order valence-corrected chi connectivity index (χ4v) is 1.37. The molecule has 0 bridgehead atoms. The highest BCUT2D eigenvalue weighted by Gasteiger charge is 2.14. The van der Waals surface area contributed by atoms with E-state index < -0.39 is 17.5 Å². The zero-order chi connectivity index (χ0) is 11.7. The smallest absolute Gasteiger partial charge is 0.222 e. The Morgan fingerprint density at radius 2 is 1.88 bits per heavy atom. The van der Waals surface area contributed by atoms with Crippen LogP contribution >= 0.6 is 11.6 Å². The van der Waals surface area contributed by atoms with Crippen LogP contribution in [-0.4, -0.2) is 9.97 Å². The van der Waals surface area contributed by atoms with E-state index in [4.69, 9.17) is 11.6 Å². The number of rotatable bonds is 1. The molecular formula is C10H4ClF3N2. The van der Waals surface area contributed by atoms with Crippen LogP contribution in [0.2, 0.25) is 5.28 Å². The van der Waals surface area contributed by atoms with Crippen LogP contribution in [0.15, 0.2) is 24.4 Å². The SMILES string of the molecule is Fc1cc(F)c(F)c(-c2ccnc(Cl)n2)c1. The summed E-state index contributed by atoms with van der Waals surface area (Å²) in [6.07, 6.45) is 1.27. The van der Waals surface area contributed by atoms with Crippen LogP contribution in [0.3, 0.4) is 0 Å². The highest BCUT2D eigenvalue weighted by Crippen LogP contribution is 2.24. The maximum absolute atomic E-state index is 13.4. The van der Waals surface area contributed by atoms with Gasteiger partial charge in [0.1, 0.15) is 5.82 Å². The topological polar surface area (TPSA) is 25.8 Å². The fraction of sp³-hybridized carbons (Fsp3) is 0. The van der Waals surface area contributed by atoms with Crippen LogP contribution in [0.4, 0.5) is 13.2 Å². The highest BCUT2D eigenvalue weighted by atomic mass is 35.5. The van der Waals surface area contributed by atoms with Crippen LogP contribution in [0.1, 0.15) is 0 Å². The molecule has 0 amide bonds. The predicted octanol–water partition coefficient (Wildman–Crippen LogP) is 3.21. The molecule has 2 nitrogen and oxygen atoms in total. The second-order valence-electron chi connectivity index (χ2n) is 2.96. The van der Waals surface area contributed by atoms with Crippen molar-refractivity contribution in [2.24, 2.45) is 0 Å². The Kier molecular flexibility index (Phi) is 2.78. The monoisotopic (exact) mass is 244 g/mol.